The summed E-state index contributed by atoms with van der Waals surface area (Å²) in [4.78, 5) is 35.6. The molecule has 0 aromatic heterocycles. The zero-order chi connectivity index (χ0) is 19.3. The molecule has 0 saturated carbocycles. The number of carbonyl (C=O) groups excluding carboxylic acids is 3. The zero-order valence-corrected chi connectivity index (χ0v) is 16.1. The van der Waals surface area contributed by atoms with Crippen LogP contribution in [0.25, 0.3) is 0 Å². The van der Waals surface area contributed by atoms with E-state index in [0.717, 1.165) is 0 Å². The number of halogens is 1. The van der Waals surface area contributed by atoms with Gasteiger partial charge >= 0.3 is 5.97 Å². The molecular weight excluding hydrogens is 402 g/mol. The van der Waals surface area contributed by atoms with Gasteiger partial charge in [0.1, 0.15) is 5.75 Å². The topological polar surface area (TPSA) is 81.7 Å². The van der Waals surface area contributed by atoms with Crippen LogP contribution in [0.15, 0.2) is 46.9 Å². The van der Waals surface area contributed by atoms with Crippen LogP contribution in [0.5, 0.6) is 5.75 Å². The van der Waals surface area contributed by atoms with Gasteiger partial charge in [0.25, 0.3) is 5.91 Å². The molecule has 2 aromatic carbocycles. The van der Waals surface area contributed by atoms with E-state index in [0.29, 0.717) is 27.0 Å². The van der Waals surface area contributed by atoms with E-state index in [1.165, 1.54) is 21.0 Å². The fraction of sp³-hybridized carbons (Fsp3) is 0.211. The highest BCUT2D eigenvalue weighted by atomic mass is 79.9. The average Bonchev–Trinajstić information content (AvgIpc) is 2.61. The third kappa shape index (κ3) is 4.92. The van der Waals surface area contributed by atoms with Crippen molar-refractivity contribution in [3.63, 3.8) is 0 Å². The van der Waals surface area contributed by atoms with Crippen molar-refractivity contribution < 1.29 is 23.9 Å². The molecule has 136 valence electrons. The van der Waals surface area contributed by atoms with Crippen molar-refractivity contribution >= 4 is 39.3 Å². The van der Waals surface area contributed by atoms with Gasteiger partial charge in [0, 0.05) is 11.3 Å². The largest absolute Gasteiger partial charge is 0.496 e. The molecule has 0 aliphatic heterocycles. The van der Waals surface area contributed by atoms with Crippen molar-refractivity contribution in [2.45, 2.75) is 20.0 Å². The van der Waals surface area contributed by atoms with Crippen molar-refractivity contribution in [3.05, 3.63) is 58.1 Å². The highest BCUT2D eigenvalue weighted by Crippen LogP contribution is 2.26. The summed E-state index contributed by atoms with van der Waals surface area (Å²) < 4.78 is 10.9. The number of nitrogens with one attached hydrogen (secondary N) is 1. The first-order valence-corrected chi connectivity index (χ1v) is 8.57. The van der Waals surface area contributed by atoms with Gasteiger partial charge in [-0.25, -0.2) is 4.79 Å². The second-order valence-electron chi connectivity index (χ2n) is 5.52. The predicted molar refractivity (Wildman–Crippen MR) is 101 cm³/mol. The number of methoxy groups -OCH3 is 1. The second kappa shape index (κ2) is 8.62. The lowest BCUT2D eigenvalue weighted by molar-refractivity contribution is -0.123. The van der Waals surface area contributed by atoms with E-state index in [1.807, 2.05) is 0 Å². The zero-order valence-electron chi connectivity index (χ0n) is 14.5. The quantitative estimate of drug-likeness (QED) is 0.567. The van der Waals surface area contributed by atoms with Crippen molar-refractivity contribution in [3.8, 4) is 5.75 Å². The summed E-state index contributed by atoms with van der Waals surface area (Å²) in [5, 5.41) is 2.64. The monoisotopic (exact) mass is 419 g/mol. The molecule has 0 aliphatic rings. The number of benzene rings is 2. The van der Waals surface area contributed by atoms with E-state index >= 15 is 0 Å². The normalized spacial score (nSPS) is 11.4. The number of hydrogen-bond acceptors (Lipinski definition) is 5. The first kappa shape index (κ1) is 19.7. The minimum Gasteiger partial charge on any atom is -0.496 e. The molecule has 6 nitrogen and oxygen atoms in total. The van der Waals surface area contributed by atoms with Gasteiger partial charge in [-0.3, -0.25) is 9.59 Å². The van der Waals surface area contributed by atoms with E-state index in [-0.39, 0.29) is 5.78 Å². The number of carbonyl (C=O) groups is 3. The van der Waals surface area contributed by atoms with Crippen molar-refractivity contribution in [1.82, 2.24) is 0 Å². The third-order valence-electron chi connectivity index (χ3n) is 3.60. The summed E-state index contributed by atoms with van der Waals surface area (Å²) >= 11 is 3.29. The molecule has 7 heteroatoms. The van der Waals surface area contributed by atoms with Crippen LogP contribution in [0.1, 0.15) is 34.6 Å². The van der Waals surface area contributed by atoms with Crippen LogP contribution in [0.2, 0.25) is 0 Å². The van der Waals surface area contributed by atoms with E-state index in [9.17, 15) is 14.4 Å². The maximum absolute atomic E-state index is 12.2. The highest BCUT2D eigenvalue weighted by molar-refractivity contribution is 9.10. The number of ether oxygens (including phenoxy) is 2. The molecule has 26 heavy (non-hydrogen) atoms. The maximum atomic E-state index is 12.2. The SMILES string of the molecule is COc1ccc(C(=O)OC(C)C(=O)Nc2ccc(C(C)=O)cc2)cc1Br. The minimum absolute atomic E-state index is 0.0594. The standard InChI is InChI=1S/C19H18BrNO5/c1-11(22)13-4-7-15(8-5-13)21-18(23)12(2)26-19(24)14-6-9-17(25-3)16(20)10-14/h4-10,12H,1-3H3,(H,21,23). The van der Waals surface area contributed by atoms with Gasteiger partial charge in [-0.1, -0.05) is 0 Å². The first-order valence-electron chi connectivity index (χ1n) is 7.78. The Labute approximate surface area is 159 Å². The molecule has 0 bridgehead atoms. The molecule has 1 unspecified atom stereocenters. The van der Waals surface area contributed by atoms with Crippen molar-refractivity contribution in [1.29, 1.82) is 0 Å². The molecule has 0 radical (unpaired) electrons. The number of anilines is 1. The van der Waals surface area contributed by atoms with Crippen molar-refractivity contribution in [2.24, 2.45) is 0 Å². The molecule has 0 fully saturated rings. The fourth-order valence-corrected chi connectivity index (χ4v) is 2.65. The summed E-state index contributed by atoms with van der Waals surface area (Å²) in [5.74, 6) is -0.568. The van der Waals surface area contributed by atoms with Gasteiger partial charge in [-0.15, -0.1) is 0 Å². The molecule has 0 spiro atoms. The molecule has 1 atom stereocenters. The van der Waals surface area contributed by atoms with Crippen LogP contribution in [0, 0.1) is 0 Å². The summed E-state index contributed by atoms with van der Waals surface area (Å²) in [6.45, 7) is 2.95. The fourth-order valence-electron chi connectivity index (χ4n) is 2.11. The molecule has 1 N–H and O–H groups in total. The van der Waals surface area contributed by atoms with Crippen LogP contribution in [-0.2, 0) is 9.53 Å². The Morgan fingerprint density at radius 1 is 1.04 bits per heavy atom. The molecular formula is C19H18BrNO5. The van der Waals surface area contributed by atoms with E-state index in [4.69, 9.17) is 9.47 Å². The van der Waals surface area contributed by atoms with Gasteiger partial charge < -0.3 is 14.8 Å². The Balaban J connectivity index is 1.98. The summed E-state index contributed by atoms with van der Waals surface area (Å²) in [5.41, 5.74) is 1.35. The summed E-state index contributed by atoms with van der Waals surface area (Å²) in [6.07, 6.45) is -0.990. The number of amides is 1. The van der Waals surface area contributed by atoms with Crippen LogP contribution in [0.4, 0.5) is 5.69 Å². The smallest absolute Gasteiger partial charge is 0.338 e. The number of rotatable bonds is 6. The minimum atomic E-state index is -0.990. The van der Waals surface area contributed by atoms with Gasteiger partial charge in [0.15, 0.2) is 11.9 Å². The van der Waals surface area contributed by atoms with Crippen LogP contribution >= 0.6 is 15.9 Å². The molecule has 1 amide bonds. The lowest BCUT2D eigenvalue weighted by atomic mass is 10.1. The summed E-state index contributed by atoms with van der Waals surface area (Å²) in [7, 11) is 1.52. The maximum Gasteiger partial charge on any atom is 0.338 e. The number of esters is 1. The van der Waals surface area contributed by atoms with Gasteiger partial charge in [0.05, 0.1) is 17.1 Å². The van der Waals surface area contributed by atoms with Crippen molar-refractivity contribution in [2.75, 3.05) is 12.4 Å². The van der Waals surface area contributed by atoms with Crippen LogP contribution in [-0.4, -0.2) is 30.9 Å². The molecule has 2 rings (SSSR count). The van der Waals surface area contributed by atoms with Crippen LogP contribution < -0.4 is 10.1 Å². The highest BCUT2D eigenvalue weighted by Gasteiger charge is 2.20. The summed E-state index contributed by atoms with van der Waals surface area (Å²) in [6, 6.07) is 11.2. The van der Waals surface area contributed by atoms with E-state index < -0.39 is 18.0 Å². The first-order chi connectivity index (χ1) is 12.3. The predicted octanol–water partition coefficient (Wildman–Crippen LogP) is 3.84. The van der Waals surface area contributed by atoms with E-state index in [1.54, 1.807) is 42.5 Å². The Morgan fingerprint density at radius 3 is 2.19 bits per heavy atom. The third-order valence-corrected chi connectivity index (χ3v) is 4.22. The van der Waals surface area contributed by atoms with Crippen LogP contribution in [0.3, 0.4) is 0 Å². The molecule has 0 heterocycles. The van der Waals surface area contributed by atoms with Gasteiger partial charge in [0.2, 0.25) is 0 Å². The van der Waals surface area contributed by atoms with Gasteiger partial charge in [-0.05, 0) is 72.2 Å². The lowest BCUT2D eigenvalue weighted by Crippen LogP contribution is -2.30. The Hall–Kier alpha value is -2.67. The Morgan fingerprint density at radius 2 is 1.65 bits per heavy atom. The van der Waals surface area contributed by atoms with E-state index in [2.05, 4.69) is 21.2 Å². The number of hydrogen-bond donors (Lipinski definition) is 1. The average molecular weight is 420 g/mol. The lowest BCUT2D eigenvalue weighted by Gasteiger charge is -2.14. The number of ketones is 1. The Bertz CT molecular complexity index is 832. The second-order valence-corrected chi connectivity index (χ2v) is 6.37. The van der Waals surface area contributed by atoms with Gasteiger partial charge in [-0.2, -0.15) is 0 Å². The Kier molecular flexibility index (Phi) is 6.52. The molecule has 0 aliphatic carbocycles. The number of Topliss-reactive ketones (excluding diaryl/α,β-unsaturated/α-hetero) is 1. The molecule has 2 aromatic rings. The molecule has 0 saturated heterocycles.